The predicted molar refractivity (Wildman–Crippen MR) is 70.2 cm³/mol. The second-order valence-electron chi connectivity index (χ2n) is 5.67. The first kappa shape index (κ1) is 15.0. The summed E-state index contributed by atoms with van der Waals surface area (Å²) in [4.78, 5) is 0. The molecule has 0 rings (SSSR count). The van der Waals surface area contributed by atoms with E-state index in [1.54, 1.807) is 0 Å². The van der Waals surface area contributed by atoms with E-state index in [-0.39, 0.29) is 0 Å². The number of hydrogen-bond donors (Lipinski definition) is 1. The second-order valence-corrected chi connectivity index (χ2v) is 5.67. The zero-order valence-electron chi connectivity index (χ0n) is 11.5. The Balaban J connectivity index is 3.94. The van der Waals surface area contributed by atoms with Crippen molar-refractivity contribution < 1.29 is 0 Å². The van der Waals surface area contributed by atoms with Crippen LogP contribution in [0.3, 0.4) is 0 Å². The fourth-order valence-electron chi connectivity index (χ4n) is 2.11. The number of hydrogen-bond acceptors (Lipinski definition) is 1. The summed E-state index contributed by atoms with van der Waals surface area (Å²) in [5.41, 5.74) is 0.522. The van der Waals surface area contributed by atoms with E-state index in [4.69, 9.17) is 0 Å². The van der Waals surface area contributed by atoms with Crippen LogP contribution in [0.4, 0.5) is 0 Å². The van der Waals surface area contributed by atoms with Gasteiger partial charge < -0.3 is 5.32 Å². The molecule has 0 amide bonds. The first-order valence-corrected chi connectivity index (χ1v) is 6.74. The van der Waals surface area contributed by atoms with Crippen LogP contribution in [-0.4, -0.2) is 13.1 Å². The SMILES string of the molecule is CCCNCC(C)(CCC)CCC(C)C. The van der Waals surface area contributed by atoms with Crippen LogP contribution < -0.4 is 5.32 Å². The van der Waals surface area contributed by atoms with Crippen molar-refractivity contribution in [1.82, 2.24) is 5.32 Å². The van der Waals surface area contributed by atoms with Gasteiger partial charge in [-0.1, -0.05) is 47.5 Å². The van der Waals surface area contributed by atoms with Gasteiger partial charge in [-0.2, -0.15) is 0 Å². The lowest BCUT2D eigenvalue weighted by molar-refractivity contribution is 0.237. The third-order valence-corrected chi connectivity index (χ3v) is 3.16. The van der Waals surface area contributed by atoms with Crippen molar-refractivity contribution in [3.63, 3.8) is 0 Å². The summed E-state index contributed by atoms with van der Waals surface area (Å²) in [6.07, 6.45) is 6.64. The van der Waals surface area contributed by atoms with Gasteiger partial charge in [0.15, 0.2) is 0 Å². The first-order chi connectivity index (χ1) is 7.04. The summed E-state index contributed by atoms with van der Waals surface area (Å²) < 4.78 is 0. The van der Waals surface area contributed by atoms with Crippen LogP contribution in [0.5, 0.6) is 0 Å². The number of nitrogens with one attached hydrogen (secondary N) is 1. The summed E-state index contributed by atoms with van der Waals surface area (Å²) in [7, 11) is 0. The van der Waals surface area contributed by atoms with E-state index in [0.29, 0.717) is 5.41 Å². The molecule has 0 aliphatic rings. The highest BCUT2D eigenvalue weighted by molar-refractivity contribution is 4.77. The fraction of sp³-hybridized carbons (Fsp3) is 1.00. The van der Waals surface area contributed by atoms with Crippen LogP contribution >= 0.6 is 0 Å². The zero-order chi connectivity index (χ0) is 11.7. The molecular formula is C14H31N. The Morgan fingerprint density at radius 2 is 1.73 bits per heavy atom. The average molecular weight is 213 g/mol. The molecule has 0 radical (unpaired) electrons. The Hall–Kier alpha value is -0.0400. The lowest BCUT2D eigenvalue weighted by Crippen LogP contribution is -2.32. The summed E-state index contributed by atoms with van der Waals surface area (Å²) in [6, 6.07) is 0. The summed E-state index contributed by atoms with van der Waals surface area (Å²) in [6.45, 7) is 14.0. The minimum absolute atomic E-state index is 0.522. The fourth-order valence-corrected chi connectivity index (χ4v) is 2.11. The molecule has 0 spiro atoms. The summed E-state index contributed by atoms with van der Waals surface area (Å²) >= 11 is 0. The predicted octanol–water partition coefficient (Wildman–Crippen LogP) is 4.23. The van der Waals surface area contributed by atoms with Crippen molar-refractivity contribution in [3.05, 3.63) is 0 Å². The molecule has 0 saturated heterocycles. The molecule has 0 bridgehead atoms. The molecule has 0 aliphatic carbocycles. The molecule has 0 saturated carbocycles. The van der Waals surface area contributed by atoms with E-state index < -0.39 is 0 Å². The molecule has 0 fully saturated rings. The van der Waals surface area contributed by atoms with E-state index in [1.807, 2.05) is 0 Å². The summed E-state index contributed by atoms with van der Waals surface area (Å²) in [5.74, 6) is 0.840. The van der Waals surface area contributed by atoms with E-state index >= 15 is 0 Å². The second kappa shape index (κ2) is 8.15. The molecule has 0 heterocycles. The van der Waals surface area contributed by atoms with E-state index in [9.17, 15) is 0 Å². The molecular weight excluding hydrogens is 182 g/mol. The van der Waals surface area contributed by atoms with Gasteiger partial charge in [-0.15, -0.1) is 0 Å². The molecule has 0 aromatic rings. The van der Waals surface area contributed by atoms with Gasteiger partial charge >= 0.3 is 0 Å². The van der Waals surface area contributed by atoms with Gasteiger partial charge in [-0.25, -0.2) is 0 Å². The third kappa shape index (κ3) is 7.84. The van der Waals surface area contributed by atoms with Crippen molar-refractivity contribution in [3.8, 4) is 0 Å². The Labute approximate surface area is 97.0 Å². The van der Waals surface area contributed by atoms with Gasteiger partial charge in [0.1, 0.15) is 0 Å². The van der Waals surface area contributed by atoms with E-state index in [2.05, 4.69) is 39.9 Å². The largest absolute Gasteiger partial charge is 0.316 e. The van der Waals surface area contributed by atoms with Gasteiger partial charge in [0.25, 0.3) is 0 Å². The highest BCUT2D eigenvalue weighted by atomic mass is 14.9. The molecule has 1 heteroatoms. The van der Waals surface area contributed by atoms with Crippen LogP contribution in [-0.2, 0) is 0 Å². The van der Waals surface area contributed by atoms with Crippen LogP contribution in [0.15, 0.2) is 0 Å². The summed E-state index contributed by atoms with van der Waals surface area (Å²) in [5, 5.41) is 3.58. The van der Waals surface area contributed by atoms with Crippen molar-refractivity contribution >= 4 is 0 Å². The molecule has 15 heavy (non-hydrogen) atoms. The molecule has 0 aromatic heterocycles. The Kier molecular flexibility index (Phi) is 8.13. The maximum absolute atomic E-state index is 3.58. The Bertz CT molecular complexity index is 142. The lowest BCUT2D eigenvalue weighted by Gasteiger charge is -2.30. The van der Waals surface area contributed by atoms with Crippen molar-refractivity contribution in [1.29, 1.82) is 0 Å². The minimum Gasteiger partial charge on any atom is -0.316 e. The quantitative estimate of drug-likeness (QED) is 0.565. The lowest BCUT2D eigenvalue weighted by atomic mass is 9.79. The molecule has 1 atom stereocenters. The normalized spacial score (nSPS) is 15.6. The first-order valence-electron chi connectivity index (χ1n) is 6.74. The van der Waals surface area contributed by atoms with Crippen LogP contribution in [0.2, 0.25) is 0 Å². The van der Waals surface area contributed by atoms with Gasteiger partial charge in [0.2, 0.25) is 0 Å². The molecule has 1 N–H and O–H groups in total. The highest BCUT2D eigenvalue weighted by Gasteiger charge is 2.22. The maximum atomic E-state index is 3.58. The Morgan fingerprint density at radius 1 is 1.07 bits per heavy atom. The Morgan fingerprint density at radius 3 is 2.20 bits per heavy atom. The third-order valence-electron chi connectivity index (χ3n) is 3.16. The smallest absolute Gasteiger partial charge is 0.000516 e. The highest BCUT2D eigenvalue weighted by Crippen LogP contribution is 2.30. The van der Waals surface area contributed by atoms with Crippen molar-refractivity contribution in [2.75, 3.05) is 13.1 Å². The molecule has 1 unspecified atom stereocenters. The van der Waals surface area contributed by atoms with Crippen molar-refractivity contribution in [2.45, 2.75) is 66.7 Å². The van der Waals surface area contributed by atoms with E-state index in [1.165, 1.54) is 45.2 Å². The standard InChI is InChI=1S/C14H31N/c1-6-9-14(5,10-8-13(3)4)12-15-11-7-2/h13,15H,6-12H2,1-5H3. The van der Waals surface area contributed by atoms with Crippen LogP contribution in [0.1, 0.15) is 66.7 Å². The number of rotatable bonds is 9. The molecule has 0 aliphatic heterocycles. The van der Waals surface area contributed by atoms with E-state index in [0.717, 1.165) is 5.92 Å². The average Bonchev–Trinajstić information content (AvgIpc) is 2.16. The van der Waals surface area contributed by atoms with Gasteiger partial charge in [0, 0.05) is 6.54 Å². The molecule has 1 nitrogen and oxygen atoms in total. The monoisotopic (exact) mass is 213 g/mol. The van der Waals surface area contributed by atoms with Crippen molar-refractivity contribution in [2.24, 2.45) is 11.3 Å². The van der Waals surface area contributed by atoms with Crippen LogP contribution in [0, 0.1) is 11.3 Å². The molecule has 92 valence electrons. The molecule has 0 aromatic carbocycles. The maximum Gasteiger partial charge on any atom is 0.000516 e. The topological polar surface area (TPSA) is 12.0 Å². The zero-order valence-corrected chi connectivity index (χ0v) is 11.5. The minimum atomic E-state index is 0.522. The van der Waals surface area contributed by atoms with Gasteiger partial charge in [0.05, 0.1) is 0 Å². The van der Waals surface area contributed by atoms with Gasteiger partial charge in [-0.3, -0.25) is 0 Å². The van der Waals surface area contributed by atoms with Gasteiger partial charge in [-0.05, 0) is 37.1 Å². The van der Waals surface area contributed by atoms with Crippen LogP contribution in [0.25, 0.3) is 0 Å².